The van der Waals surface area contributed by atoms with Crippen LogP contribution in [0.1, 0.15) is 40.5 Å². The molecule has 1 N–H and O–H groups in total. The molecule has 3 aliphatic rings. The Bertz CT molecular complexity index is 1710. The van der Waals surface area contributed by atoms with Gasteiger partial charge in [0.2, 0.25) is 17.7 Å². The lowest BCUT2D eigenvalue weighted by atomic mass is 9.62. The Morgan fingerprint density at radius 3 is 2.46 bits per heavy atom. The van der Waals surface area contributed by atoms with Crippen molar-refractivity contribution in [2.45, 2.75) is 70.5 Å². The normalized spacial score (nSPS) is 28.7. The highest BCUT2D eigenvalue weighted by molar-refractivity contribution is 6.03. The number of aromatic nitrogens is 3. The first-order valence-electron chi connectivity index (χ1n) is 16.9. The number of nitrogens with zero attached hydrogens (tertiary/aromatic N) is 6. The van der Waals surface area contributed by atoms with Crippen LogP contribution in [0.5, 0.6) is 0 Å². The number of amides is 3. The third-order valence-electron chi connectivity index (χ3n) is 11.1. The van der Waals surface area contributed by atoms with Crippen molar-refractivity contribution in [2.75, 3.05) is 24.6 Å². The number of ether oxygens (including phenoxy) is 1. The summed E-state index contributed by atoms with van der Waals surface area (Å²) < 4.78 is 8.69. The highest BCUT2D eigenvalue weighted by atomic mass is 16.5. The molecule has 11 nitrogen and oxygen atoms in total. The molecular formula is C37H46N6O5. The molecule has 2 aromatic carbocycles. The second kappa shape index (κ2) is 12.9. The maximum atomic E-state index is 15.1. The van der Waals surface area contributed by atoms with E-state index < -0.39 is 35.1 Å². The molecule has 8 atom stereocenters. The lowest BCUT2D eigenvalue weighted by Gasteiger charge is -2.41. The van der Waals surface area contributed by atoms with Gasteiger partial charge in [0.1, 0.15) is 23.8 Å². The average molecular weight is 655 g/mol. The molecule has 4 heterocycles. The minimum absolute atomic E-state index is 0.0636. The highest BCUT2D eigenvalue weighted by Crippen LogP contribution is 2.66. The van der Waals surface area contributed by atoms with E-state index in [1.807, 2.05) is 82.3 Å². The van der Waals surface area contributed by atoms with Crippen LogP contribution >= 0.6 is 0 Å². The lowest BCUT2D eigenvalue weighted by Crippen LogP contribution is -2.60. The summed E-state index contributed by atoms with van der Waals surface area (Å²) in [6, 6.07) is 15.1. The minimum atomic E-state index is -1.29. The first kappa shape index (κ1) is 33.5. The van der Waals surface area contributed by atoms with E-state index in [1.54, 1.807) is 31.5 Å². The molecule has 3 amide bonds. The van der Waals surface area contributed by atoms with E-state index in [1.165, 1.54) is 0 Å². The van der Waals surface area contributed by atoms with Crippen LogP contribution in [-0.2, 0) is 25.8 Å². The van der Waals surface area contributed by atoms with Crippen molar-refractivity contribution >= 4 is 34.4 Å². The van der Waals surface area contributed by atoms with Gasteiger partial charge in [-0.2, -0.15) is 0 Å². The van der Waals surface area contributed by atoms with Crippen LogP contribution < -0.4 is 4.90 Å². The van der Waals surface area contributed by atoms with Gasteiger partial charge in [-0.1, -0.05) is 74.9 Å². The number of para-hydroxylation sites is 2. The molecule has 2 bridgehead atoms. The van der Waals surface area contributed by atoms with Crippen LogP contribution in [0.15, 0.2) is 79.9 Å². The summed E-state index contributed by atoms with van der Waals surface area (Å²) >= 11 is 0. The summed E-state index contributed by atoms with van der Waals surface area (Å²) in [5, 5.41) is 19.4. The van der Waals surface area contributed by atoms with Gasteiger partial charge >= 0.3 is 0 Å². The average Bonchev–Trinajstić information content (AvgIpc) is 3.77. The van der Waals surface area contributed by atoms with Crippen LogP contribution in [0.25, 0.3) is 11.0 Å². The van der Waals surface area contributed by atoms with E-state index in [-0.39, 0.29) is 55.9 Å². The van der Waals surface area contributed by atoms with Crippen molar-refractivity contribution in [1.82, 2.24) is 24.8 Å². The molecule has 11 heteroatoms. The zero-order chi connectivity index (χ0) is 34.4. The fourth-order valence-electron chi connectivity index (χ4n) is 8.46. The quantitative estimate of drug-likeness (QED) is 0.276. The van der Waals surface area contributed by atoms with E-state index in [0.717, 1.165) is 5.52 Å². The molecule has 3 aromatic rings. The number of fused-ring (bicyclic) bond motifs is 2. The van der Waals surface area contributed by atoms with Crippen LogP contribution in [0.4, 0.5) is 5.69 Å². The maximum absolute atomic E-state index is 15.1. The number of carbonyl (C=O) groups is 3. The van der Waals surface area contributed by atoms with Gasteiger partial charge in [-0.15, -0.1) is 18.3 Å². The Balaban J connectivity index is 1.47. The number of hydrogen-bond donors (Lipinski definition) is 1. The van der Waals surface area contributed by atoms with Gasteiger partial charge in [0.25, 0.3) is 0 Å². The van der Waals surface area contributed by atoms with E-state index in [0.29, 0.717) is 24.0 Å². The van der Waals surface area contributed by atoms with Crippen LogP contribution in [0.3, 0.4) is 0 Å². The highest BCUT2D eigenvalue weighted by Gasteiger charge is 2.80. The summed E-state index contributed by atoms with van der Waals surface area (Å²) in [7, 11) is 0. The van der Waals surface area contributed by atoms with Crippen molar-refractivity contribution in [2.24, 2.45) is 23.7 Å². The number of likely N-dealkylation sites (tertiary alicyclic amines) is 1. The SMILES string of the molecule is C=CCN(Cn1nnc2ccccc21)C(=O)C1N([C@@H](CO)[C@@H](C)CC)C(=O)[C@@H]2[C@@H](C(=O)N(CC=C)c3ccccc3)[C@]3(C)OC12CC3C. The Kier molecular flexibility index (Phi) is 9.04. The standard InChI is InChI=1S/C37H46N6O5/c1-7-19-40(23-42-28-18-14-13-17-27(28)38-39-42)35(47)32-37-21-25(5)36(6,48-37)30(31(37)34(46)43(32)29(22-44)24(4)9-3)33(45)41(20-8-2)26-15-11-10-12-16-26/h7-8,10-18,24-25,29-32,44H,1-2,9,19-23H2,3-6H3/t24-,25?,29-,30-,31-,32?,36+,37?/m0/s1. The molecular weight excluding hydrogens is 608 g/mol. The molecule has 1 aromatic heterocycles. The zero-order valence-corrected chi connectivity index (χ0v) is 28.2. The van der Waals surface area contributed by atoms with E-state index in [2.05, 4.69) is 23.5 Å². The van der Waals surface area contributed by atoms with Gasteiger partial charge < -0.3 is 24.5 Å². The summed E-state index contributed by atoms with van der Waals surface area (Å²) in [6.45, 7) is 15.9. The fraction of sp³-hybridized carbons (Fsp3) is 0.486. The summed E-state index contributed by atoms with van der Waals surface area (Å²) in [6.07, 6.45) is 4.40. The monoisotopic (exact) mass is 654 g/mol. The topological polar surface area (TPSA) is 121 Å². The molecule has 0 aliphatic carbocycles. The minimum Gasteiger partial charge on any atom is -0.394 e. The number of hydrogen-bond acceptors (Lipinski definition) is 7. The summed E-state index contributed by atoms with van der Waals surface area (Å²) in [4.78, 5) is 49.7. The second-order valence-corrected chi connectivity index (χ2v) is 13.7. The Morgan fingerprint density at radius 1 is 1.10 bits per heavy atom. The number of carbonyl (C=O) groups excluding carboxylic acids is 3. The van der Waals surface area contributed by atoms with Gasteiger partial charge in [-0.25, -0.2) is 4.68 Å². The Hall–Kier alpha value is -4.35. The molecule has 3 aliphatic heterocycles. The third kappa shape index (κ3) is 5.06. The molecule has 1 spiro atoms. The van der Waals surface area contributed by atoms with Gasteiger partial charge in [0, 0.05) is 18.8 Å². The van der Waals surface area contributed by atoms with Crippen molar-refractivity contribution in [1.29, 1.82) is 0 Å². The van der Waals surface area contributed by atoms with E-state index >= 15 is 4.79 Å². The molecule has 3 unspecified atom stereocenters. The van der Waals surface area contributed by atoms with Gasteiger partial charge in [0.05, 0.1) is 35.6 Å². The summed E-state index contributed by atoms with van der Waals surface area (Å²) in [5.74, 6) is -2.98. The van der Waals surface area contributed by atoms with Crippen molar-refractivity contribution in [3.8, 4) is 0 Å². The molecule has 6 rings (SSSR count). The Labute approximate surface area is 281 Å². The maximum Gasteiger partial charge on any atom is 0.250 e. The number of rotatable bonds is 13. The number of benzene rings is 2. The predicted octanol–water partition coefficient (Wildman–Crippen LogP) is 4.04. The fourth-order valence-corrected chi connectivity index (χ4v) is 8.46. The molecule has 254 valence electrons. The number of anilines is 1. The van der Waals surface area contributed by atoms with Crippen LogP contribution in [0, 0.1) is 23.7 Å². The van der Waals surface area contributed by atoms with Crippen molar-refractivity contribution < 1.29 is 24.2 Å². The molecule has 3 fully saturated rings. The van der Waals surface area contributed by atoms with E-state index in [9.17, 15) is 14.7 Å². The van der Waals surface area contributed by atoms with Crippen molar-refractivity contribution in [3.05, 3.63) is 79.9 Å². The molecule has 0 saturated carbocycles. The van der Waals surface area contributed by atoms with Gasteiger partial charge in [0.15, 0.2) is 0 Å². The number of aliphatic hydroxyl groups is 1. The largest absolute Gasteiger partial charge is 0.394 e. The third-order valence-corrected chi connectivity index (χ3v) is 11.1. The van der Waals surface area contributed by atoms with Gasteiger partial charge in [-0.05, 0) is 49.4 Å². The van der Waals surface area contributed by atoms with Crippen molar-refractivity contribution in [3.63, 3.8) is 0 Å². The smallest absolute Gasteiger partial charge is 0.250 e. The molecule has 48 heavy (non-hydrogen) atoms. The molecule has 3 saturated heterocycles. The number of aliphatic hydroxyl groups excluding tert-OH is 1. The first-order chi connectivity index (χ1) is 23.1. The van der Waals surface area contributed by atoms with Crippen LogP contribution in [-0.4, -0.2) is 90.6 Å². The zero-order valence-electron chi connectivity index (χ0n) is 28.2. The first-order valence-corrected chi connectivity index (χ1v) is 16.9. The predicted molar refractivity (Wildman–Crippen MR) is 182 cm³/mol. The van der Waals surface area contributed by atoms with E-state index in [4.69, 9.17) is 4.74 Å². The second-order valence-electron chi connectivity index (χ2n) is 13.7. The lowest BCUT2D eigenvalue weighted by molar-refractivity contribution is -0.157. The molecule has 0 radical (unpaired) electrons. The van der Waals surface area contributed by atoms with Crippen LogP contribution in [0.2, 0.25) is 0 Å². The Morgan fingerprint density at radius 2 is 1.79 bits per heavy atom. The summed E-state index contributed by atoms with van der Waals surface area (Å²) in [5.41, 5.74) is -0.150. The van der Waals surface area contributed by atoms with Gasteiger partial charge in [-0.3, -0.25) is 14.4 Å².